The maximum Gasteiger partial charge on any atom is 0.432 e. The molecule has 4 nitrogen and oxygen atoms in total. The number of hydrogen-bond acceptors (Lipinski definition) is 3. The molecule has 5 heteroatoms. The maximum absolute atomic E-state index is 12.2. The number of hydrogen-bond donors (Lipinski definition) is 1. The summed E-state index contributed by atoms with van der Waals surface area (Å²) in [5.41, 5.74) is 1.77. The van der Waals surface area contributed by atoms with Crippen LogP contribution >= 0.6 is 7.75 Å². The van der Waals surface area contributed by atoms with Crippen molar-refractivity contribution in [3.63, 3.8) is 0 Å². The standard InChI is InChI=1S/C11H18NO3P/c1-4-14-16(13,15-5-2)12-11-9-7-6-8-10(11)3/h6-9H,4-5H2,1-3H3,(H,12,13). The second-order valence-electron chi connectivity index (χ2n) is 3.26. The third-order valence-electron chi connectivity index (χ3n) is 2.00. The summed E-state index contributed by atoms with van der Waals surface area (Å²) in [5.74, 6) is 0. The molecule has 0 atom stereocenters. The summed E-state index contributed by atoms with van der Waals surface area (Å²) in [6, 6.07) is 7.58. The summed E-state index contributed by atoms with van der Waals surface area (Å²) < 4.78 is 22.5. The first kappa shape index (κ1) is 13.2. The molecule has 0 radical (unpaired) electrons. The Morgan fingerprint density at radius 2 is 1.75 bits per heavy atom. The van der Waals surface area contributed by atoms with Crippen LogP contribution < -0.4 is 5.09 Å². The fourth-order valence-electron chi connectivity index (χ4n) is 1.29. The van der Waals surface area contributed by atoms with Crippen molar-refractivity contribution in [1.82, 2.24) is 0 Å². The molecule has 1 N–H and O–H groups in total. The Balaban J connectivity index is 2.83. The van der Waals surface area contributed by atoms with E-state index in [9.17, 15) is 4.57 Å². The van der Waals surface area contributed by atoms with E-state index in [-0.39, 0.29) is 0 Å². The zero-order chi connectivity index (χ0) is 12.0. The molecule has 0 aliphatic carbocycles. The molecule has 0 saturated heterocycles. The van der Waals surface area contributed by atoms with E-state index in [1.807, 2.05) is 31.2 Å². The Bertz CT molecular complexity index is 371. The average Bonchev–Trinajstić information content (AvgIpc) is 2.22. The first-order valence-electron chi connectivity index (χ1n) is 5.34. The van der Waals surface area contributed by atoms with Gasteiger partial charge in [-0.25, -0.2) is 4.57 Å². The second kappa shape index (κ2) is 6.04. The molecule has 16 heavy (non-hydrogen) atoms. The van der Waals surface area contributed by atoms with Crippen LogP contribution in [0.4, 0.5) is 5.69 Å². The number of para-hydroxylation sites is 1. The van der Waals surface area contributed by atoms with Gasteiger partial charge in [0.1, 0.15) is 0 Å². The van der Waals surface area contributed by atoms with Crippen molar-refractivity contribution in [2.75, 3.05) is 18.3 Å². The van der Waals surface area contributed by atoms with Crippen LogP contribution in [-0.2, 0) is 13.6 Å². The van der Waals surface area contributed by atoms with Gasteiger partial charge in [0.2, 0.25) is 0 Å². The van der Waals surface area contributed by atoms with Gasteiger partial charge in [0.25, 0.3) is 0 Å². The molecule has 1 aromatic carbocycles. The third kappa shape index (κ3) is 3.63. The molecule has 0 aliphatic rings. The lowest BCUT2D eigenvalue weighted by Crippen LogP contribution is -2.05. The highest BCUT2D eigenvalue weighted by atomic mass is 31.2. The number of benzene rings is 1. The number of anilines is 1. The van der Waals surface area contributed by atoms with Gasteiger partial charge in [0.05, 0.1) is 13.2 Å². The van der Waals surface area contributed by atoms with Crippen LogP contribution in [0, 0.1) is 6.92 Å². The molecule has 0 heterocycles. The zero-order valence-corrected chi connectivity index (χ0v) is 10.8. The van der Waals surface area contributed by atoms with Crippen LogP contribution in [-0.4, -0.2) is 13.2 Å². The summed E-state index contributed by atoms with van der Waals surface area (Å²) in [5, 5.41) is 2.84. The summed E-state index contributed by atoms with van der Waals surface area (Å²) in [6.45, 7) is 6.19. The fourth-order valence-corrected chi connectivity index (χ4v) is 2.72. The maximum atomic E-state index is 12.2. The van der Waals surface area contributed by atoms with Crippen molar-refractivity contribution in [3.8, 4) is 0 Å². The molecule has 0 unspecified atom stereocenters. The van der Waals surface area contributed by atoms with Crippen molar-refractivity contribution in [2.24, 2.45) is 0 Å². The Kier molecular flexibility index (Phi) is 5.00. The van der Waals surface area contributed by atoms with E-state index in [1.54, 1.807) is 13.8 Å². The minimum absolute atomic E-state index is 0.343. The number of nitrogens with one attached hydrogen (secondary N) is 1. The van der Waals surface area contributed by atoms with Gasteiger partial charge < -0.3 is 0 Å². The molecule has 0 bridgehead atoms. The molecule has 1 aromatic rings. The van der Waals surface area contributed by atoms with E-state index in [0.29, 0.717) is 13.2 Å². The Morgan fingerprint density at radius 1 is 1.19 bits per heavy atom. The summed E-state index contributed by atoms with van der Waals surface area (Å²) in [4.78, 5) is 0. The van der Waals surface area contributed by atoms with Crippen LogP contribution in [0.25, 0.3) is 0 Å². The second-order valence-corrected chi connectivity index (χ2v) is 4.99. The highest BCUT2D eigenvalue weighted by molar-refractivity contribution is 7.55. The molecule has 0 saturated carbocycles. The molecule has 0 fully saturated rings. The lowest BCUT2D eigenvalue weighted by molar-refractivity contribution is 0.225. The molecule has 0 aliphatic heterocycles. The SMILES string of the molecule is CCOP(=O)(Nc1ccccc1C)OCC. The Hall–Kier alpha value is -0.830. The molecule has 1 rings (SSSR count). The van der Waals surface area contributed by atoms with Crippen molar-refractivity contribution < 1.29 is 13.6 Å². The first-order valence-corrected chi connectivity index (χ1v) is 6.88. The highest BCUT2D eigenvalue weighted by Gasteiger charge is 2.23. The van der Waals surface area contributed by atoms with Crippen molar-refractivity contribution in [1.29, 1.82) is 0 Å². The van der Waals surface area contributed by atoms with Gasteiger partial charge in [-0.1, -0.05) is 18.2 Å². The van der Waals surface area contributed by atoms with Crippen LogP contribution in [0.15, 0.2) is 24.3 Å². The highest BCUT2D eigenvalue weighted by Crippen LogP contribution is 2.48. The first-order chi connectivity index (χ1) is 7.61. The predicted octanol–water partition coefficient (Wildman–Crippen LogP) is 3.59. The number of rotatable bonds is 6. The van der Waals surface area contributed by atoms with Crippen LogP contribution in [0.3, 0.4) is 0 Å². The van der Waals surface area contributed by atoms with Gasteiger partial charge in [-0.05, 0) is 32.4 Å². The van der Waals surface area contributed by atoms with E-state index >= 15 is 0 Å². The molecule has 0 spiro atoms. The summed E-state index contributed by atoms with van der Waals surface area (Å²) >= 11 is 0. The minimum atomic E-state index is -3.22. The van der Waals surface area contributed by atoms with E-state index in [0.717, 1.165) is 11.3 Å². The smallest absolute Gasteiger partial charge is 0.293 e. The van der Waals surface area contributed by atoms with Gasteiger partial charge >= 0.3 is 7.75 Å². The van der Waals surface area contributed by atoms with Crippen LogP contribution in [0.5, 0.6) is 0 Å². The van der Waals surface area contributed by atoms with Crippen LogP contribution in [0.2, 0.25) is 0 Å². The predicted molar refractivity (Wildman–Crippen MR) is 65.7 cm³/mol. The lowest BCUT2D eigenvalue weighted by atomic mass is 10.2. The zero-order valence-electron chi connectivity index (χ0n) is 9.90. The van der Waals surface area contributed by atoms with Gasteiger partial charge in [-0.3, -0.25) is 14.1 Å². The van der Waals surface area contributed by atoms with Gasteiger partial charge in [0, 0.05) is 5.69 Å². The minimum Gasteiger partial charge on any atom is -0.293 e. The van der Waals surface area contributed by atoms with Gasteiger partial charge in [-0.2, -0.15) is 0 Å². The average molecular weight is 243 g/mol. The molecule has 90 valence electrons. The third-order valence-corrected chi connectivity index (χ3v) is 3.71. The normalized spacial score (nSPS) is 11.4. The van der Waals surface area contributed by atoms with Crippen molar-refractivity contribution in [2.45, 2.75) is 20.8 Å². The largest absolute Gasteiger partial charge is 0.432 e. The molecule has 0 amide bonds. The van der Waals surface area contributed by atoms with E-state index in [2.05, 4.69) is 5.09 Å². The number of aryl methyl sites for hydroxylation is 1. The van der Waals surface area contributed by atoms with Crippen molar-refractivity contribution >= 4 is 13.4 Å². The molecule has 0 aromatic heterocycles. The summed E-state index contributed by atoms with van der Waals surface area (Å²) in [7, 11) is -3.22. The molecular weight excluding hydrogens is 225 g/mol. The van der Waals surface area contributed by atoms with E-state index in [1.165, 1.54) is 0 Å². The van der Waals surface area contributed by atoms with E-state index < -0.39 is 7.75 Å². The fraction of sp³-hybridized carbons (Fsp3) is 0.455. The van der Waals surface area contributed by atoms with Crippen LogP contribution in [0.1, 0.15) is 19.4 Å². The quantitative estimate of drug-likeness (QED) is 0.775. The lowest BCUT2D eigenvalue weighted by Gasteiger charge is -2.19. The Labute approximate surface area is 96.6 Å². The topological polar surface area (TPSA) is 47.6 Å². The van der Waals surface area contributed by atoms with Gasteiger partial charge in [-0.15, -0.1) is 0 Å². The molecular formula is C11H18NO3P. The van der Waals surface area contributed by atoms with E-state index in [4.69, 9.17) is 9.05 Å². The monoisotopic (exact) mass is 243 g/mol. The Morgan fingerprint density at radius 3 is 2.25 bits per heavy atom. The van der Waals surface area contributed by atoms with Gasteiger partial charge in [0.15, 0.2) is 0 Å². The summed E-state index contributed by atoms with van der Waals surface area (Å²) in [6.07, 6.45) is 0. The van der Waals surface area contributed by atoms with Crippen molar-refractivity contribution in [3.05, 3.63) is 29.8 Å².